The molecule has 0 saturated carbocycles. The number of carboxylic acid groups (broad SMARTS) is 1. The third-order valence-corrected chi connectivity index (χ3v) is 5.50. The zero-order valence-electron chi connectivity index (χ0n) is 12.9. The molecule has 1 aromatic carbocycles. The number of hydrogen-bond acceptors (Lipinski definition) is 4. The number of rotatable bonds is 3. The number of aromatic nitrogens is 1. The molecule has 6 heteroatoms. The third-order valence-electron chi connectivity index (χ3n) is 4.58. The van der Waals surface area contributed by atoms with Crippen LogP contribution in [0.4, 0.5) is 0 Å². The molecule has 1 aliphatic rings. The van der Waals surface area contributed by atoms with Crippen molar-refractivity contribution < 1.29 is 14.7 Å². The molecule has 1 fully saturated rings. The van der Waals surface area contributed by atoms with Crippen LogP contribution in [0.25, 0.3) is 0 Å². The lowest BCUT2D eigenvalue weighted by Crippen LogP contribution is -2.49. The Morgan fingerprint density at radius 3 is 2.39 bits per heavy atom. The van der Waals surface area contributed by atoms with Crippen molar-refractivity contribution in [1.29, 1.82) is 0 Å². The maximum atomic E-state index is 12.5. The van der Waals surface area contributed by atoms with Crippen LogP contribution in [0.15, 0.2) is 35.8 Å². The van der Waals surface area contributed by atoms with Crippen LogP contribution < -0.4 is 0 Å². The normalized spacial score (nSPS) is 17.0. The average Bonchev–Trinajstić information content (AvgIpc) is 3.01. The molecule has 0 unspecified atom stereocenters. The summed E-state index contributed by atoms with van der Waals surface area (Å²) in [5, 5.41) is 9.78. The molecule has 0 radical (unpaired) electrons. The van der Waals surface area contributed by atoms with Gasteiger partial charge in [-0.3, -0.25) is 9.59 Å². The van der Waals surface area contributed by atoms with Crippen molar-refractivity contribution in [3.8, 4) is 0 Å². The first-order valence-corrected chi connectivity index (χ1v) is 8.41. The number of hydrogen-bond donors (Lipinski definition) is 1. The van der Waals surface area contributed by atoms with Gasteiger partial charge in [-0.15, -0.1) is 11.3 Å². The van der Waals surface area contributed by atoms with Gasteiger partial charge in [0.2, 0.25) is 0 Å². The SMILES string of the molecule is Cc1ncsc1C(=O)N1CCC(C(=O)O)(c2ccccc2)CC1. The zero-order valence-corrected chi connectivity index (χ0v) is 13.7. The third kappa shape index (κ3) is 2.74. The van der Waals surface area contributed by atoms with Crippen LogP contribution in [0, 0.1) is 6.92 Å². The molecule has 0 atom stereocenters. The predicted molar refractivity (Wildman–Crippen MR) is 87.7 cm³/mol. The quantitative estimate of drug-likeness (QED) is 0.939. The van der Waals surface area contributed by atoms with E-state index in [1.807, 2.05) is 37.3 Å². The Morgan fingerprint density at radius 2 is 1.87 bits per heavy atom. The number of carbonyl (C=O) groups excluding carboxylic acids is 1. The van der Waals surface area contributed by atoms with Gasteiger partial charge in [0.25, 0.3) is 5.91 Å². The maximum absolute atomic E-state index is 12.5. The summed E-state index contributed by atoms with van der Waals surface area (Å²) in [6.07, 6.45) is 0.853. The Morgan fingerprint density at radius 1 is 1.22 bits per heavy atom. The van der Waals surface area contributed by atoms with Crippen molar-refractivity contribution in [3.63, 3.8) is 0 Å². The molecule has 1 amide bonds. The van der Waals surface area contributed by atoms with Gasteiger partial charge in [-0.1, -0.05) is 30.3 Å². The highest BCUT2D eigenvalue weighted by atomic mass is 32.1. The molecule has 0 aliphatic carbocycles. The Balaban J connectivity index is 1.80. The van der Waals surface area contributed by atoms with Crippen LogP contribution in [-0.2, 0) is 10.2 Å². The first-order chi connectivity index (χ1) is 11.0. The van der Waals surface area contributed by atoms with Gasteiger partial charge in [-0.2, -0.15) is 0 Å². The standard InChI is InChI=1S/C17H18N2O3S/c1-12-14(23-11-18-12)15(20)19-9-7-17(8-10-19,16(21)22)13-5-3-2-4-6-13/h2-6,11H,7-10H2,1H3,(H,21,22). The minimum absolute atomic E-state index is 0.0444. The molecular formula is C17H18N2O3S. The van der Waals surface area contributed by atoms with E-state index >= 15 is 0 Å². The molecule has 5 nitrogen and oxygen atoms in total. The number of likely N-dealkylation sites (tertiary alicyclic amines) is 1. The van der Waals surface area contributed by atoms with Gasteiger partial charge in [0, 0.05) is 13.1 Å². The molecule has 1 aliphatic heterocycles. The molecule has 120 valence electrons. The van der Waals surface area contributed by atoms with Crippen LogP contribution in [0.5, 0.6) is 0 Å². The van der Waals surface area contributed by atoms with Gasteiger partial charge in [-0.05, 0) is 25.3 Å². The number of thiazole rings is 1. The molecule has 1 saturated heterocycles. The van der Waals surface area contributed by atoms with Gasteiger partial charge < -0.3 is 10.0 Å². The molecule has 1 N–H and O–H groups in total. The van der Waals surface area contributed by atoms with E-state index in [0.29, 0.717) is 30.8 Å². The number of benzene rings is 1. The molecule has 2 heterocycles. The number of aliphatic carboxylic acids is 1. The Hall–Kier alpha value is -2.21. The zero-order chi connectivity index (χ0) is 16.4. The Labute approximate surface area is 138 Å². The van der Waals surface area contributed by atoms with Crippen molar-refractivity contribution in [2.24, 2.45) is 0 Å². The monoisotopic (exact) mass is 330 g/mol. The summed E-state index contributed by atoms with van der Waals surface area (Å²) < 4.78 is 0. The van der Waals surface area contributed by atoms with Gasteiger partial charge >= 0.3 is 5.97 Å². The minimum Gasteiger partial charge on any atom is -0.481 e. The summed E-state index contributed by atoms with van der Waals surface area (Å²) >= 11 is 1.34. The molecule has 0 bridgehead atoms. The first kappa shape index (κ1) is 15.7. The van der Waals surface area contributed by atoms with Gasteiger partial charge in [0.05, 0.1) is 16.6 Å². The lowest BCUT2D eigenvalue weighted by molar-refractivity contribution is -0.145. The van der Waals surface area contributed by atoms with Crippen molar-refractivity contribution >= 4 is 23.2 Å². The molecular weight excluding hydrogens is 312 g/mol. The Bertz CT molecular complexity index is 718. The number of aryl methyl sites for hydroxylation is 1. The van der Waals surface area contributed by atoms with Crippen molar-refractivity contribution in [3.05, 3.63) is 52.0 Å². The second-order valence-electron chi connectivity index (χ2n) is 5.81. The van der Waals surface area contributed by atoms with Crippen LogP contribution in [0.3, 0.4) is 0 Å². The van der Waals surface area contributed by atoms with E-state index in [-0.39, 0.29) is 5.91 Å². The van der Waals surface area contributed by atoms with E-state index in [1.54, 1.807) is 10.4 Å². The van der Waals surface area contributed by atoms with Crippen molar-refractivity contribution in [2.45, 2.75) is 25.2 Å². The topological polar surface area (TPSA) is 70.5 Å². The number of carbonyl (C=O) groups is 2. The van der Waals surface area contributed by atoms with E-state index in [1.165, 1.54) is 11.3 Å². The summed E-state index contributed by atoms with van der Waals surface area (Å²) in [7, 11) is 0. The minimum atomic E-state index is -0.902. The summed E-state index contributed by atoms with van der Waals surface area (Å²) in [5.41, 5.74) is 2.31. The van der Waals surface area contributed by atoms with Crippen LogP contribution in [-0.4, -0.2) is 40.0 Å². The van der Waals surface area contributed by atoms with E-state index in [2.05, 4.69) is 4.98 Å². The van der Waals surface area contributed by atoms with Gasteiger partial charge in [0.15, 0.2) is 0 Å². The van der Waals surface area contributed by atoms with Gasteiger partial charge in [-0.25, -0.2) is 4.98 Å². The lowest BCUT2D eigenvalue weighted by Gasteiger charge is -2.39. The number of nitrogens with zero attached hydrogens (tertiary/aromatic N) is 2. The lowest BCUT2D eigenvalue weighted by atomic mass is 9.73. The highest BCUT2D eigenvalue weighted by molar-refractivity contribution is 7.11. The van der Waals surface area contributed by atoms with Crippen molar-refractivity contribution in [1.82, 2.24) is 9.88 Å². The smallest absolute Gasteiger partial charge is 0.314 e. The first-order valence-electron chi connectivity index (χ1n) is 7.53. The second kappa shape index (κ2) is 6.12. The highest BCUT2D eigenvalue weighted by Crippen LogP contribution is 2.36. The van der Waals surface area contributed by atoms with Crippen LogP contribution >= 0.6 is 11.3 Å². The molecule has 3 rings (SSSR count). The maximum Gasteiger partial charge on any atom is 0.314 e. The molecule has 1 aromatic heterocycles. The number of piperidine rings is 1. The molecule has 23 heavy (non-hydrogen) atoms. The van der Waals surface area contributed by atoms with E-state index in [9.17, 15) is 14.7 Å². The number of amides is 1. The second-order valence-corrected chi connectivity index (χ2v) is 6.67. The average molecular weight is 330 g/mol. The summed E-state index contributed by atoms with van der Waals surface area (Å²) in [4.78, 5) is 31.0. The molecule has 2 aromatic rings. The summed E-state index contributed by atoms with van der Waals surface area (Å²) in [6.45, 7) is 2.70. The van der Waals surface area contributed by atoms with E-state index in [0.717, 1.165) is 11.3 Å². The van der Waals surface area contributed by atoms with E-state index in [4.69, 9.17) is 0 Å². The van der Waals surface area contributed by atoms with Crippen LogP contribution in [0.2, 0.25) is 0 Å². The Kier molecular flexibility index (Phi) is 4.17. The fraction of sp³-hybridized carbons (Fsp3) is 0.353. The fourth-order valence-corrected chi connectivity index (χ4v) is 3.89. The van der Waals surface area contributed by atoms with E-state index < -0.39 is 11.4 Å². The van der Waals surface area contributed by atoms with Crippen molar-refractivity contribution in [2.75, 3.05) is 13.1 Å². The van der Waals surface area contributed by atoms with Gasteiger partial charge in [0.1, 0.15) is 4.88 Å². The highest BCUT2D eigenvalue weighted by Gasteiger charge is 2.44. The van der Waals surface area contributed by atoms with Crippen LogP contribution in [0.1, 0.15) is 33.8 Å². The largest absolute Gasteiger partial charge is 0.481 e. The molecule has 0 spiro atoms. The summed E-state index contributed by atoms with van der Waals surface area (Å²) in [5.74, 6) is -0.859. The summed E-state index contributed by atoms with van der Waals surface area (Å²) in [6, 6.07) is 9.32. The fourth-order valence-electron chi connectivity index (χ4n) is 3.13. The predicted octanol–water partition coefficient (Wildman–Crippen LogP) is 2.71. The number of carboxylic acids is 1.